The van der Waals surface area contributed by atoms with Crippen LogP contribution >= 0.6 is 0 Å². The van der Waals surface area contributed by atoms with Gasteiger partial charge in [-0.05, 0) is 18.4 Å². The summed E-state index contributed by atoms with van der Waals surface area (Å²) in [5.41, 5.74) is 1.08. The van der Waals surface area contributed by atoms with E-state index >= 15 is 0 Å². The summed E-state index contributed by atoms with van der Waals surface area (Å²) < 4.78 is 0. The van der Waals surface area contributed by atoms with Crippen molar-refractivity contribution in [1.82, 2.24) is 20.4 Å². The Kier molecular flexibility index (Phi) is 5.21. The highest BCUT2D eigenvalue weighted by molar-refractivity contribution is 5.88. The minimum Gasteiger partial charge on any atom is -0.344 e. The van der Waals surface area contributed by atoms with Gasteiger partial charge in [-0.1, -0.05) is 30.3 Å². The molecule has 0 saturated carbocycles. The quantitative estimate of drug-likeness (QED) is 0.844. The number of urea groups is 1. The zero-order valence-electron chi connectivity index (χ0n) is 14.4. The van der Waals surface area contributed by atoms with Crippen molar-refractivity contribution in [3.8, 4) is 0 Å². The lowest BCUT2D eigenvalue weighted by Crippen LogP contribution is -2.55. The fourth-order valence-electron chi connectivity index (χ4n) is 3.38. The highest BCUT2D eigenvalue weighted by atomic mass is 16.2. The summed E-state index contributed by atoms with van der Waals surface area (Å²) in [5, 5.41) is 5.56. The van der Waals surface area contributed by atoms with Crippen molar-refractivity contribution in [2.75, 3.05) is 20.1 Å². The van der Waals surface area contributed by atoms with Crippen molar-refractivity contribution in [3.63, 3.8) is 0 Å². The maximum atomic E-state index is 12.6. The average molecular weight is 344 g/mol. The van der Waals surface area contributed by atoms with Gasteiger partial charge >= 0.3 is 6.03 Å². The Morgan fingerprint density at radius 1 is 1.20 bits per heavy atom. The van der Waals surface area contributed by atoms with Crippen LogP contribution in [0.4, 0.5) is 4.79 Å². The van der Waals surface area contributed by atoms with Crippen molar-refractivity contribution in [2.24, 2.45) is 0 Å². The van der Waals surface area contributed by atoms with E-state index in [9.17, 15) is 14.4 Å². The number of carbonyl (C=O) groups is 3. The molecule has 1 aromatic rings. The van der Waals surface area contributed by atoms with Crippen molar-refractivity contribution in [1.29, 1.82) is 0 Å². The lowest BCUT2D eigenvalue weighted by Gasteiger charge is -2.33. The molecular weight excluding hydrogens is 320 g/mol. The molecule has 2 atom stereocenters. The molecular formula is C18H24N4O3. The molecule has 2 saturated heterocycles. The maximum Gasteiger partial charge on any atom is 0.315 e. The molecule has 7 nitrogen and oxygen atoms in total. The number of piperidine rings is 1. The van der Waals surface area contributed by atoms with Crippen LogP contribution in [-0.2, 0) is 16.1 Å². The Morgan fingerprint density at radius 3 is 2.64 bits per heavy atom. The van der Waals surface area contributed by atoms with E-state index in [1.54, 1.807) is 16.8 Å². The summed E-state index contributed by atoms with van der Waals surface area (Å²) in [7, 11) is 1.72. The molecule has 0 aliphatic carbocycles. The summed E-state index contributed by atoms with van der Waals surface area (Å²) >= 11 is 0. The number of amides is 4. The summed E-state index contributed by atoms with van der Waals surface area (Å²) in [6, 6.07) is 8.74. The van der Waals surface area contributed by atoms with Gasteiger partial charge in [0.1, 0.15) is 6.04 Å². The normalized spacial score (nSPS) is 23.7. The van der Waals surface area contributed by atoms with Crippen LogP contribution in [0.15, 0.2) is 30.3 Å². The molecule has 0 radical (unpaired) electrons. The number of carbonyl (C=O) groups excluding carboxylic acids is 3. The Hall–Kier alpha value is -2.57. The molecule has 1 aromatic carbocycles. The molecule has 134 valence electrons. The average Bonchev–Trinajstić information content (AvgIpc) is 2.89. The lowest BCUT2D eigenvalue weighted by molar-refractivity contribution is -0.136. The van der Waals surface area contributed by atoms with E-state index < -0.39 is 6.04 Å². The summed E-state index contributed by atoms with van der Waals surface area (Å²) in [5.74, 6) is -0.0297. The van der Waals surface area contributed by atoms with Gasteiger partial charge in [0.2, 0.25) is 11.8 Å². The van der Waals surface area contributed by atoms with E-state index in [2.05, 4.69) is 10.6 Å². The molecule has 2 N–H and O–H groups in total. The molecule has 0 spiro atoms. The highest BCUT2D eigenvalue weighted by Gasteiger charge is 2.32. The zero-order chi connectivity index (χ0) is 17.8. The van der Waals surface area contributed by atoms with E-state index in [0.717, 1.165) is 12.0 Å². The SMILES string of the molecule is CN1CC(NC(=O)NC2CCCN(Cc3ccccc3)C2=O)CC1=O. The van der Waals surface area contributed by atoms with Crippen LogP contribution < -0.4 is 10.6 Å². The van der Waals surface area contributed by atoms with Crippen molar-refractivity contribution in [3.05, 3.63) is 35.9 Å². The second kappa shape index (κ2) is 7.55. The smallest absolute Gasteiger partial charge is 0.315 e. The predicted molar refractivity (Wildman–Crippen MR) is 92.6 cm³/mol. The van der Waals surface area contributed by atoms with Gasteiger partial charge in [-0.3, -0.25) is 9.59 Å². The predicted octanol–water partition coefficient (Wildman–Crippen LogP) is 0.707. The van der Waals surface area contributed by atoms with E-state index in [-0.39, 0.29) is 23.9 Å². The van der Waals surface area contributed by atoms with Crippen LogP contribution in [-0.4, -0.2) is 59.9 Å². The molecule has 3 rings (SSSR count). The van der Waals surface area contributed by atoms with Crippen LogP contribution in [0, 0.1) is 0 Å². The molecule has 2 aliphatic heterocycles. The van der Waals surface area contributed by atoms with E-state index in [1.165, 1.54) is 0 Å². The Bertz CT molecular complexity index is 649. The largest absolute Gasteiger partial charge is 0.344 e. The van der Waals surface area contributed by atoms with Gasteiger partial charge in [0.05, 0.1) is 6.04 Å². The van der Waals surface area contributed by atoms with Gasteiger partial charge in [0.15, 0.2) is 0 Å². The van der Waals surface area contributed by atoms with Gasteiger partial charge in [-0.25, -0.2) is 4.79 Å². The topological polar surface area (TPSA) is 81.8 Å². The number of benzene rings is 1. The lowest BCUT2D eigenvalue weighted by atomic mass is 10.0. The van der Waals surface area contributed by atoms with Crippen LogP contribution in [0.5, 0.6) is 0 Å². The fraction of sp³-hybridized carbons (Fsp3) is 0.500. The highest BCUT2D eigenvalue weighted by Crippen LogP contribution is 2.15. The summed E-state index contributed by atoms with van der Waals surface area (Å²) in [4.78, 5) is 39.7. The molecule has 2 heterocycles. The van der Waals surface area contributed by atoms with Gasteiger partial charge in [-0.2, -0.15) is 0 Å². The zero-order valence-corrected chi connectivity index (χ0v) is 14.4. The van der Waals surface area contributed by atoms with Gasteiger partial charge in [0, 0.05) is 33.1 Å². The number of rotatable bonds is 4. The van der Waals surface area contributed by atoms with Gasteiger partial charge in [0.25, 0.3) is 0 Å². The Morgan fingerprint density at radius 2 is 1.96 bits per heavy atom. The third-order valence-electron chi connectivity index (χ3n) is 4.73. The third-order valence-corrected chi connectivity index (χ3v) is 4.73. The summed E-state index contributed by atoms with van der Waals surface area (Å²) in [6.07, 6.45) is 1.80. The molecule has 7 heteroatoms. The number of hydrogen-bond acceptors (Lipinski definition) is 3. The first-order valence-electron chi connectivity index (χ1n) is 8.66. The molecule has 2 unspecified atom stereocenters. The maximum absolute atomic E-state index is 12.6. The fourth-order valence-corrected chi connectivity index (χ4v) is 3.38. The van der Waals surface area contributed by atoms with Crippen LogP contribution in [0.25, 0.3) is 0 Å². The first kappa shape index (κ1) is 17.3. The van der Waals surface area contributed by atoms with Gasteiger partial charge < -0.3 is 20.4 Å². The molecule has 0 aromatic heterocycles. The minimum absolute atomic E-state index is 0.0214. The van der Waals surface area contributed by atoms with Crippen LogP contribution in [0.3, 0.4) is 0 Å². The van der Waals surface area contributed by atoms with Crippen LogP contribution in [0.2, 0.25) is 0 Å². The molecule has 2 fully saturated rings. The standard InChI is InChI=1S/C18H24N4O3/c1-21-12-14(10-16(21)23)19-18(25)20-15-8-5-9-22(17(15)24)11-13-6-3-2-4-7-13/h2-4,6-7,14-15H,5,8-12H2,1H3,(H2,19,20,25). The molecule has 25 heavy (non-hydrogen) atoms. The monoisotopic (exact) mass is 344 g/mol. The number of hydrogen-bond donors (Lipinski definition) is 2. The summed E-state index contributed by atoms with van der Waals surface area (Å²) in [6.45, 7) is 1.77. The first-order valence-corrected chi connectivity index (χ1v) is 8.66. The van der Waals surface area contributed by atoms with E-state index in [0.29, 0.717) is 32.5 Å². The molecule has 4 amide bonds. The van der Waals surface area contributed by atoms with Gasteiger partial charge in [-0.15, -0.1) is 0 Å². The number of likely N-dealkylation sites (N-methyl/N-ethyl adjacent to an activating group) is 1. The Balaban J connectivity index is 1.52. The van der Waals surface area contributed by atoms with Crippen molar-refractivity contribution < 1.29 is 14.4 Å². The molecule has 0 bridgehead atoms. The minimum atomic E-state index is -0.507. The van der Waals surface area contributed by atoms with Crippen molar-refractivity contribution >= 4 is 17.8 Å². The second-order valence-corrected chi connectivity index (χ2v) is 6.73. The third kappa shape index (κ3) is 4.29. The molecule has 2 aliphatic rings. The first-order chi connectivity index (χ1) is 12.0. The Labute approximate surface area is 147 Å². The second-order valence-electron chi connectivity index (χ2n) is 6.73. The number of nitrogens with zero attached hydrogens (tertiary/aromatic N) is 2. The van der Waals surface area contributed by atoms with Crippen LogP contribution in [0.1, 0.15) is 24.8 Å². The van der Waals surface area contributed by atoms with E-state index in [1.807, 2.05) is 30.3 Å². The van der Waals surface area contributed by atoms with E-state index in [4.69, 9.17) is 0 Å². The van der Waals surface area contributed by atoms with Crippen molar-refractivity contribution in [2.45, 2.75) is 37.9 Å². The number of likely N-dealkylation sites (tertiary alicyclic amines) is 2. The number of nitrogens with one attached hydrogen (secondary N) is 2.